The summed E-state index contributed by atoms with van der Waals surface area (Å²) in [6.45, 7) is 25.8. The van der Waals surface area contributed by atoms with Crippen molar-refractivity contribution in [2.75, 3.05) is 0 Å². The summed E-state index contributed by atoms with van der Waals surface area (Å²) in [7, 11) is 0. The zero-order valence-corrected chi connectivity index (χ0v) is 26.4. The van der Waals surface area contributed by atoms with Crippen LogP contribution in [0, 0.1) is 10.8 Å². The van der Waals surface area contributed by atoms with Crippen LogP contribution in [-0.4, -0.2) is 0 Å². The molecule has 0 N–H and O–H groups in total. The second kappa shape index (κ2) is 8.82. The van der Waals surface area contributed by atoms with E-state index in [0.29, 0.717) is 5.92 Å². The maximum Gasteiger partial charge on any atom is 0.0434 e. The van der Waals surface area contributed by atoms with E-state index < -0.39 is 0 Å². The Morgan fingerprint density at radius 1 is 0.595 bits per heavy atom. The first kappa shape index (κ1) is 26.7. The van der Waals surface area contributed by atoms with Crippen molar-refractivity contribution in [2.24, 2.45) is 10.8 Å². The molecule has 37 heavy (non-hydrogen) atoms. The van der Waals surface area contributed by atoms with E-state index in [-0.39, 0.29) is 16.2 Å². The highest BCUT2D eigenvalue weighted by atomic mass is 32.1. The zero-order valence-electron chi connectivity index (χ0n) is 24.8. The molecule has 0 bridgehead atoms. The zero-order chi connectivity index (χ0) is 27.1. The molecule has 0 atom stereocenters. The number of hydrogen-bond donors (Lipinski definition) is 0. The summed E-state index contributed by atoms with van der Waals surface area (Å²) in [6.07, 6.45) is 11.8. The van der Waals surface area contributed by atoms with Gasteiger partial charge in [-0.05, 0) is 58.3 Å². The van der Waals surface area contributed by atoms with Gasteiger partial charge in [0.25, 0.3) is 0 Å². The van der Waals surface area contributed by atoms with Gasteiger partial charge in [0.2, 0.25) is 0 Å². The molecule has 0 spiro atoms. The maximum absolute atomic E-state index is 2.54. The van der Waals surface area contributed by atoms with E-state index in [1.165, 1.54) is 63.3 Å². The van der Waals surface area contributed by atoms with Crippen LogP contribution in [0.2, 0.25) is 0 Å². The Kier molecular flexibility index (Phi) is 6.36. The van der Waals surface area contributed by atoms with E-state index in [9.17, 15) is 0 Å². The van der Waals surface area contributed by atoms with Crippen molar-refractivity contribution in [1.29, 1.82) is 0 Å². The molecule has 0 radical (unpaired) electrons. The fourth-order valence-corrected chi connectivity index (χ4v) is 8.08. The Morgan fingerprint density at radius 3 is 1.46 bits per heavy atom. The molecule has 2 heterocycles. The highest BCUT2D eigenvalue weighted by Gasteiger charge is 2.30. The summed E-state index contributed by atoms with van der Waals surface area (Å²) < 4.78 is 2.98. The average Bonchev–Trinajstić information content (AvgIpc) is 3.55. The minimum absolute atomic E-state index is 0.131. The molecular formula is C35H44S2. The molecule has 5 rings (SSSR count). The van der Waals surface area contributed by atoms with Crippen molar-refractivity contribution >= 4 is 54.0 Å². The lowest BCUT2D eigenvalue weighted by Gasteiger charge is -2.22. The number of allylic oxidation sites excluding steroid dienone is 8. The highest BCUT2D eigenvalue weighted by Crippen LogP contribution is 2.53. The molecule has 196 valence electrons. The van der Waals surface area contributed by atoms with Gasteiger partial charge in [-0.15, -0.1) is 22.7 Å². The Labute approximate surface area is 232 Å². The van der Waals surface area contributed by atoms with E-state index in [4.69, 9.17) is 0 Å². The molecule has 0 aliphatic heterocycles. The van der Waals surface area contributed by atoms with Gasteiger partial charge >= 0.3 is 0 Å². The maximum atomic E-state index is 2.54. The van der Waals surface area contributed by atoms with Crippen molar-refractivity contribution in [2.45, 2.75) is 100 Å². The van der Waals surface area contributed by atoms with Crippen molar-refractivity contribution in [3.63, 3.8) is 0 Å². The van der Waals surface area contributed by atoms with E-state index in [2.05, 4.69) is 113 Å². The molecule has 0 nitrogen and oxygen atoms in total. The van der Waals surface area contributed by atoms with Crippen LogP contribution in [0.25, 0.3) is 31.3 Å². The second-order valence-corrected chi connectivity index (χ2v) is 16.7. The van der Waals surface area contributed by atoms with Crippen molar-refractivity contribution in [3.05, 3.63) is 68.5 Å². The van der Waals surface area contributed by atoms with E-state index in [1.807, 2.05) is 22.7 Å². The SMILES string of the molecule is CC(C)c1cc2c(C3=CC=C(C(C)(C)C)C3)c3sc(C(C)(C)C)cc3c(C3=CC=C(C(C)(C)C)C3)c2s1. The Morgan fingerprint density at radius 2 is 1.05 bits per heavy atom. The molecule has 2 aromatic heterocycles. The van der Waals surface area contributed by atoms with Crippen LogP contribution in [-0.2, 0) is 5.41 Å². The van der Waals surface area contributed by atoms with Crippen LogP contribution >= 0.6 is 22.7 Å². The van der Waals surface area contributed by atoms with Crippen LogP contribution in [0.15, 0.2) is 47.6 Å². The fourth-order valence-electron chi connectivity index (χ4n) is 5.50. The smallest absolute Gasteiger partial charge is 0.0434 e. The van der Waals surface area contributed by atoms with Crippen LogP contribution in [0.1, 0.15) is 116 Å². The number of rotatable bonds is 3. The fraction of sp³-hybridized carbons (Fsp3) is 0.486. The largest absolute Gasteiger partial charge is 0.139 e. The minimum Gasteiger partial charge on any atom is -0.139 e. The molecule has 2 heteroatoms. The van der Waals surface area contributed by atoms with Gasteiger partial charge in [-0.3, -0.25) is 0 Å². The standard InChI is InChI=1S/C35H44S2/c1-20(2)27-18-25-29(21-12-14-23(16-21)33(3,4)5)32-26(19-28(37-32)35(9,10)11)30(31(25)36-27)22-13-15-24(17-22)34(6,7)8/h12-15,18-20H,16-17H2,1-11H3. The first-order valence-electron chi connectivity index (χ1n) is 13.9. The van der Waals surface area contributed by atoms with Gasteiger partial charge in [0, 0.05) is 41.1 Å². The van der Waals surface area contributed by atoms with Crippen molar-refractivity contribution < 1.29 is 0 Å². The van der Waals surface area contributed by atoms with Crippen LogP contribution in [0.4, 0.5) is 0 Å². The molecule has 0 saturated carbocycles. The van der Waals surface area contributed by atoms with E-state index in [0.717, 1.165) is 12.8 Å². The van der Waals surface area contributed by atoms with Crippen molar-refractivity contribution in [1.82, 2.24) is 0 Å². The number of thiophene rings is 2. The summed E-state index contributed by atoms with van der Waals surface area (Å²) in [6, 6.07) is 5.07. The third-order valence-electron chi connectivity index (χ3n) is 8.09. The third kappa shape index (κ3) is 4.74. The van der Waals surface area contributed by atoms with Gasteiger partial charge in [-0.2, -0.15) is 0 Å². The molecule has 2 aliphatic rings. The quantitative estimate of drug-likeness (QED) is 0.317. The van der Waals surface area contributed by atoms with E-state index in [1.54, 1.807) is 0 Å². The van der Waals surface area contributed by atoms with Crippen LogP contribution in [0.3, 0.4) is 0 Å². The Hall–Kier alpha value is -1.90. The third-order valence-corrected chi connectivity index (χ3v) is 11.1. The van der Waals surface area contributed by atoms with Crippen LogP contribution < -0.4 is 0 Å². The Bertz CT molecular complexity index is 1410. The van der Waals surface area contributed by atoms with Gasteiger partial charge in [0.05, 0.1) is 0 Å². The summed E-state index contributed by atoms with van der Waals surface area (Å²) in [4.78, 5) is 2.98. The normalized spacial score (nSPS) is 17.2. The van der Waals surface area contributed by atoms with Gasteiger partial charge in [0.15, 0.2) is 0 Å². The monoisotopic (exact) mass is 528 g/mol. The van der Waals surface area contributed by atoms with Gasteiger partial charge in [-0.25, -0.2) is 0 Å². The number of hydrogen-bond acceptors (Lipinski definition) is 2. The van der Waals surface area contributed by atoms with Crippen molar-refractivity contribution in [3.8, 4) is 0 Å². The molecule has 2 aliphatic carbocycles. The summed E-state index contributed by atoms with van der Waals surface area (Å²) in [5.74, 6) is 0.530. The first-order valence-corrected chi connectivity index (χ1v) is 15.5. The lowest BCUT2D eigenvalue weighted by molar-refractivity contribution is 0.497. The summed E-state index contributed by atoms with van der Waals surface area (Å²) in [5.41, 5.74) is 9.59. The summed E-state index contributed by atoms with van der Waals surface area (Å²) in [5, 5.41) is 2.94. The molecule has 0 amide bonds. The number of fused-ring (bicyclic) bond motifs is 2. The van der Waals surface area contributed by atoms with Gasteiger partial charge in [-0.1, -0.05) is 112 Å². The average molecular weight is 529 g/mol. The molecular weight excluding hydrogens is 485 g/mol. The lowest BCUT2D eigenvalue weighted by Crippen LogP contribution is -2.08. The van der Waals surface area contributed by atoms with Gasteiger partial charge in [0.1, 0.15) is 0 Å². The molecule has 0 saturated heterocycles. The molecule has 0 fully saturated rings. The topological polar surface area (TPSA) is 0 Å². The highest BCUT2D eigenvalue weighted by molar-refractivity contribution is 7.21. The predicted molar refractivity (Wildman–Crippen MR) is 170 cm³/mol. The molecule has 1 aromatic carbocycles. The van der Waals surface area contributed by atoms with Crippen LogP contribution in [0.5, 0.6) is 0 Å². The molecule has 3 aromatic rings. The number of benzene rings is 1. The first-order chi connectivity index (χ1) is 17.1. The Balaban J connectivity index is 1.80. The summed E-state index contributed by atoms with van der Waals surface area (Å²) >= 11 is 4.07. The minimum atomic E-state index is 0.131. The lowest BCUT2D eigenvalue weighted by atomic mass is 9.82. The van der Waals surface area contributed by atoms with E-state index >= 15 is 0 Å². The molecule has 0 unspecified atom stereocenters. The second-order valence-electron chi connectivity index (χ2n) is 14.5. The van der Waals surface area contributed by atoms with Gasteiger partial charge < -0.3 is 0 Å². The predicted octanol–water partition coefficient (Wildman–Crippen LogP) is 12.1.